The summed E-state index contributed by atoms with van der Waals surface area (Å²) < 4.78 is 1.18. The number of nitrogens with two attached hydrogens (primary N) is 1. The lowest BCUT2D eigenvalue weighted by atomic mass is 10.2. The van der Waals surface area contributed by atoms with Crippen molar-refractivity contribution < 1.29 is 4.79 Å². The van der Waals surface area contributed by atoms with Gasteiger partial charge in [0.1, 0.15) is 0 Å². The van der Waals surface area contributed by atoms with Crippen LogP contribution in [-0.4, -0.2) is 30.6 Å². The number of nitrogens with zero attached hydrogens (tertiary/aromatic N) is 5. The van der Waals surface area contributed by atoms with Crippen molar-refractivity contribution in [3.8, 4) is 0 Å². The summed E-state index contributed by atoms with van der Waals surface area (Å²) in [7, 11) is 0. The summed E-state index contributed by atoms with van der Waals surface area (Å²) in [5.41, 5.74) is 8.49. The molecule has 22 heavy (non-hydrogen) atoms. The highest BCUT2D eigenvalue weighted by Crippen LogP contribution is 2.21. The molecule has 4 aromatic rings. The zero-order chi connectivity index (χ0) is 15.1. The third-order valence-corrected chi connectivity index (χ3v) is 3.32. The van der Waals surface area contributed by atoms with E-state index in [-0.39, 0.29) is 11.7 Å². The normalized spacial score (nSPS) is 11.1. The maximum Gasteiger partial charge on any atom is 0.280 e. The summed E-state index contributed by atoms with van der Waals surface area (Å²) in [5.74, 6) is -0.149. The molecule has 0 amide bonds. The summed E-state index contributed by atoms with van der Waals surface area (Å²) in [4.78, 5) is 25.4. The predicted octanol–water partition coefficient (Wildman–Crippen LogP) is 1.65. The molecule has 0 unspecified atom stereocenters. The largest absolute Gasteiger partial charge is 0.380 e. The lowest BCUT2D eigenvalue weighted by Crippen LogP contribution is -2.14. The van der Waals surface area contributed by atoms with Crippen LogP contribution in [-0.2, 0) is 0 Å². The molecule has 0 bridgehead atoms. The number of hydrogen-bond donors (Lipinski definition) is 1. The first kappa shape index (κ1) is 12.4. The van der Waals surface area contributed by atoms with Crippen LogP contribution in [0.2, 0.25) is 0 Å². The van der Waals surface area contributed by atoms with Crippen LogP contribution in [0.4, 0.5) is 5.82 Å². The number of aromatic nitrogens is 5. The van der Waals surface area contributed by atoms with E-state index in [9.17, 15) is 4.79 Å². The lowest BCUT2D eigenvalue weighted by Gasteiger charge is -2.02. The first-order valence-electron chi connectivity index (χ1n) is 6.60. The Morgan fingerprint density at radius 1 is 1.00 bits per heavy atom. The molecule has 1 aromatic carbocycles. The van der Waals surface area contributed by atoms with Crippen LogP contribution in [0.1, 0.15) is 10.4 Å². The highest BCUT2D eigenvalue weighted by molar-refractivity contribution is 6.02. The van der Waals surface area contributed by atoms with E-state index in [1.165, 1.54) is 4.68 Å². The van der Waals surface area contributed by atoms with Crippen molar-refractivity contribution >= 4 is 33.9 Å². The van der Waals surface area contributed by atoms with E-state index in [4.69, 9.17) is 5.73 Å². The van der Waals surface area contributed by atoms with Gasteiger partial charge in [-0.05, 0) is 24.3 Å². The van der Waals surface area contributed by atoms with Crippen molar-refractivity contribution in [3.63, 3.8) is 0 Å². The highest BCUT2D eigenvalue weighted by atomic mass is 16.2. The van der Waals surface area contributed by atoms with Crippen molar-refractivity contribution in [2.75, 3.05) is 5.73 Å². The summed E-state index contributed by atoms with van der Waals surface area (Å²) in [6.07, 6.45) is 3.09. The predicted molar refractivity (Wildman–Crippen MR) is 81.2 cm³/mol. The fourth-order valence-electron chi connectivity index (χ4n) is 2.27. The second-order valence-electron chi connectivity index (χ2n) is 4.72. The Kier molecular flexibility index (Phi) is 2.59. The minimum absolute atomic E-state index is 0.177. The van der Waals surface area contributed by atoms with Crippen LogP contribution >= 0.6 is 0 Å². The molecular formula is C15H10N6O. The molecule has 106 valence electrons. The Bertz CT molecular complexity index is 1010. The highest BCUT2D eigenvalue weighted by Gasteiger charge is 2.18. The molecule has 4 rings (SSSR count). The molecule has 0 atom stereocenters. The fourth-order valence-corrected chi connectivity index (χ4v) is 2.27. The number of fused-ring (bicyclic) bond motifs is 2. The maximum atomic E-state index is 12.6. The molecule has 0 fully saturated rings. The van der Waals surface area contributed by atoms with Crippen LogP contribution in [0.25, 0.3) is 22.2 Å². The second-order valence-corrected chi connectivity index (χ2v) is 4.72. The number of carbonyl (C=O) groups excluding carboxylic acids is 1. The Hall–Kier alpha value is -3.35. The number of pyridine rings is 1. The van der Waals surface area contributed by atoms with Crippen molar-refractivity contribution in [2.45, 2.75) is 0 Å². The van der Waals surface area contributed by atoms with E-state index in [1.807, 2.05) is 24.3 Å². The number of carbonyl (C=O) groups is 1. The van der Waals surface area contributed by atoms with E-state index in [1.54, 1.807) is 24.5 Å². The van der Waals surface area contributed by atoms with Crippen LogP contribution in [0, 0.1) is 0 Å². The summed E-state index contributed by atoms with van der Waals surface area (Å²) in [6, 6.07) is 10.6. The van der Waals surface area contributed by atoms with Gasteiger partial charge in [0.25, 0.3) is 5.91 Å². The SMILES string of the molecule is Nc1nn(C(=O)c2ccncc2)c2nc3ccccc3nc12. The average Bonchev–Trinajstić information content (AvgIpc) is 2.89. The van der Waals surface area contributed by atoms with Gasteiger partial charge < -0.3 is 5.73 Å². The Labute approximate surface area is 124 Å². The van der Waals surface area contributed by atoms with Crippen LogP contribution in [0.15, 0.2) is 48.8 Å². The molecule has 0 aliphatic heterocycles. The van der Waals surface area contributed by atoms with Crippen molar-refractivity contribution in [1.29, 1.82) is 0 Å². The lowest BCUT2D eigenvalue weighted by molar-refractivity contribution is 0.0950. The fraction of sp³-hybridized carbons (Fsp3) is 0. The third kappa shape index (κ3) is 1.80. The average molecular weight is 290 g/mol. The summed E-state index contributed by atoms with van der Waals surface area (Å²) >= 11 is 0. The Morgan fingerprint density at radius 3 is 2.41 bits per heavy atom. The molecular weight excluding hydrogens is 280 g/mol. The number of anilines is 1. The first-order valence-corrected chi connectivity index (χ1v) is 6.60. The van der Waals surface area contributed by atoms with Crippen LogP contribution in [0.3, 0.4) is 0 Å². The summed E-state index contributed by atoms with van der Waals surface area (Å²) in [5, 5.41) is 4.09. The minimum Gasteiger partial charge on any atom is -0.380 e. The third-order valence-electron chi connectivity index (χ3n) is 3.32. The van der Waals surface area contributed by atoms with E-state index in [0.29, 0.717) is 27.8 Å². The number of nitrogen functional groups attached to an aromatic ring is 1. The molecule has 0 saturated carbocycles. The van der Waals surface area contributed by atoms with Gasteiger partial charge in [0.2, 0.25) is 0 Å². The zero-order valence-corrected chi connectivity index (χ0v) is 11.3. The van der Waals surface area contributed by atoms with E-state index < -0.39 is 0 Å². The topological polar surface area (TPSA) is 99.6 Å². The van der Waals surface area contributed by atoms with Gasteiger partial charge in [-0.15, -0.1) is 5.10 Å². The van der Waals surface area contributed by atoms with Crippen LogP contribution < -0.4 is 5.73 Å². The number of rotatable bonds is 1. The quantitative estimate of drug-likeness (QED) is 0.572. The number of para-hydroxylation sites is 2. The van der Waals surface area contributed by atoms with Crippen molar-refractivity contribution in [1.82, 2.24) is 24.7 Å². The van der Waals surface area contributed by atoms with E-state index in [2.05, 4.69) is 20.1 Å². The molecule has 3 heterocycles. The number of hydrogen-bond acceptors (Lipinski definition) is 6. The smallest absolute Gasteiger partial charge is 0.280 e. The maximum absolute atomic E-state index is 12.6. The second kappa shape index (κ2) is 4.59. The molecule has 7 heteroatoms. The van der Waals surface area contributed by atoms with Gasteiger partial charge in [0.15, 0.2) is 17.0 Å². The minimum atomic E-state index is -0.325. The van der Waals surface area contributed by atoms with Gasteiger partial charge in [-0.1, -0.05) is 12.1 Å². The van der Waals surface area contributed by atoms with Gasteiger partial charge in [0, 0.05) is 18.0 Å². The molecule has 2 N–H and O–H groups in total. The molecule has 0 aliphatic rings. The molecule has 3 aromatic heterocycles. The standard InChI is InChI=1S/C15H10N6O/c16-13-12-14(19-11-4-2-1-3-10(11)18-12)21(20-13)15(22)9-5-7-17-8-6-9/h1-8H,(H2,16,20). The summed E-state index contributed by atoms with van der Waals surface area (Å²) in [6.45, 7) is 0. The monoisotopic (exact) mass is 290 g/mol. The van der Waals surface area contributed by atoms with Crippen LogP contribution in [0.5, 0.6) is 0 Å². The van der Waals surface area contributed by atoms with Gasteiger partial charge in [0.05, 0.1) is 11.0 Å². The van der Waals surface area contributed by atoms with E-state index in [0.717, 1.165) is 0 Å². The molecule has 0 spiro atoms. The van der Waals surface area contributed by atoms with Crippen molar-refractivity contribution in [3.05, 3.63) is 54.4 Å². The molecule has 0 aliphatic carbocycles. The van der Waals surface area contributed by atoms with Crippen molar-refractivity contribution in [2.24, 2.45) is 0 Å². The van der Waals surface area contributed by atoms with Gasteiger partial charge >= 0.3 is 0 Å². The zero-order valence-electron chi connectivity index (χ0n) is 11.3. The van der Waals surface area contributed by atoms with E-state index >= 15 is 0 Å². The molecule has 0 saturated heterocycles. The first-order chi connectivity index (χ1) is 10.7. The van der Waals surface area contributed by atoms with Gasteiger partial charge in [-0.3, -0.25) is 9.78 Å². The van der Waals surface area contributed by atoms with Gasteiger partial charge in [-0.2, -0.15) is 4.68 Å². The molecule has 7 nitrogen and oxygen atoms in total. The number of benzene rings is 1. The Morgan fingerprint density at radius 2 is 1.68 bits per heavy atom. The van der Waals surface area contributed by atoms with Gasteiger partial charge in [-0.25, -0.2) is 9.97 Å². The Balaban J connectivity index is 1.98. The molecule has 0 radical (unpaired) electrons.